The van der Waals surface area contributed by atoms with Crippen molar-refractivity contribution < 1.29 is 59.1 Å². The molecule has 6 N–H and O–H groups in total. The Morgan fingerprint density at radius 2 is 0.694 bits per heavy atom. The summed E-state index contributed by atoms with van der Waals surface area (Å²) >= 11 is 1.55. The standard InChI is InChI=1S/C10H22O4.C8H18O3.C8H18O.C6H14O2.C4H10O2S/c1-2-3-5-12-7-9-14-10-8-13-6-4-11;1-2-3-5-10-7-8-11-6-4-9;1-3-5-6-8(4-2)7-9;1-2-3-5-8-6-4-7;5-1-3-7-4-2-6/h11H,2-10H2,1H3;9H,2-8H2,1H3;8-9H,3-7H2,1-2H3;7H,2-6H2,1H3;5-6H,1-4H2. The molecule has 0 aromatic heterocycles. The maximum absolute atomic E-state index is 8.75. The zero-order chi connectivity index (χ0) is 37.7. The second-order valence-electron chi connectivity index (χ2n) is 10.6. The van der Waals surface area contributed by atoms with Crippen molar-refractivity contribution in [2.75, 3.05) is 130 Å². The smallest absolute Gasteiger partial charge is 0.0701 e. The van der Waals surface area contributed by atoms with Crippen LogP contribution in [0.15, 0.2) is 0 Å². The van der Waals surface area contributed by atoms with Crippen molar-refractivity contribution in [3.8, 4) is 0 Å². The van der Waals surface area contributed by atoms with Crippen molar-refractivity contribution in [2.45, 2.75) is 98.8 Å². The molecule has 0 aliphatic rings. The van der Waals surface area contributed by atoms with Crippen LogP contribution in [0, 0.1) is 5.92 Å². The highest BCUT2D eigenvalue weighted by Gasteiger charge is 2.01. The summed E-state index contributed by atoms with van der Waals surface area (Å²) in [6.45, 7) is 19.1. The molecular formula is C36H82O12S. The number of ether oxygens (including phenoxy) is 6. The van der Waals surface area contributed by atoms with E-state index in [1.807, 2.05) is 0 Å². The van der Waals surface area contributed by atoms with E-state index in [0.717, 1.165) is 76.3 Å². The Balaban J connectivity index is -0.000000168. The van der Waals surface area contributed by atoms with E-state index in [9.17, 15) is 0 Å². The molecule has 12 nitrogen and oxygen atoms in total. The summed E-state index contributed by atoms with van der Waals surface area (Å²) in [6.07, 6.45) is 11.6. The molecular weight excluding hydrogens is 656 g/mol. The second-order valence-corrected chi connectivity index (χ2v) is 11.8. The summed E-state index contributed by atoms with van der Waals surface area (Å²) in [5.74, 6) is 2.03. The Labute approximate surface area is 305 Å². The van der Waals surface area contributed by atoms with Crippen LogP contribution < -0.4 is 0 Å². The van der Waals surface area contributed by atoms with Crippen LogP contribution in [0.1, 0.15) is 98.8 Å². The topological polar surface area (TPSA) is 177 Å². The van der Waals surface area contributed by atoms with E-state index < -0.39 is 0 Å². The quantitative estimate of drug-likeness (QED) is 0.0525. The maximum Gasteiger partial charge on any atom is 0.0701 e. The van der Waals surface area contributed by atoms with Crippen LogP contribution in [-0.2, 0) is 28.4 Å². The van der Waals surface area contributed by atoms with E-state index in [0.29, 0.717) is 72.0 Å². The first-order valence-corrected chi connectivity index (χ1v) is 19.9. The third kappa shape index (κ3) is 78.3. The molecule has 1 unspecified atom stereocenters. The number of hydrogen-bond donors (Lipinski definition) is 6. The lowest BCUT2D eigenvalue weighted by Crippen LogP contribution is -2.11. The molecule has 0 spiro atoms. The van der Waals surface area contributed by atoms with Crippen LogP contribution in [0.4, 0.5) is 0 Å². The lowest BCUT2D eigenvalue weighted by atomic mass is 10.0. The third-order valence-electron chi connectivity index (χ3n) is 6.02. The first kappa shape index (κ1) is 58.2. The first-order chi connectivity index (χ1) is 24.0. The van der Waals surface area contributed by atoms with Crippen molar-refractivity contribution in [1.29, 1.82) is 0 Å². The Morgan fingerprint density at radius 3 is 0.959 bits per heavy atom. The molecule has 0 aromatic rings. The maximum atomic E-state index is 8.75. The minimum atomic E-state index is 0.0696. The van der Waals surface area contributed by atoms with Crippen molar-refractivity contribution in [1.82, 2.24) is 0 Å². The minimum absolute atomic E-state index is 0.0696. The van der Waals surface area contributed by atoms with Crippen LogP contribution in [0.25, 0.3) is 0 Å². The van der Waals surface area contributed by atoms with Gasteiger partial charge in [0.05, 0.1) is 92.5 Å². The van der Waals surface area contributed by atoms with Gasteiger partial charge in [0.2, 0.25) is 0 Å². The summed E-state index contributed by atoms with van der Waals surface area (Å²) in [7, 11) is 0. The van der Waals surface area contributed by atoms with E-state index in [1.54, 1.807) is 11.8 Å². The molecule has 304 valence electrons. The van der Waals surface area contributed by atoms with Crippen molar-refractivity contribution in [3.63, 3.8) is 0 Å². The van der Waals surface area contributed by atoms with Gasteiger partial charge >= 0.3 is 0 Å². The molecule has 0 aliphatic carbocycles. The molecule has 0 saturated carbocycles. The number of aliphatic hydroxyl groups is 6. The van der Waals surface area contributed by atoms with E-state index in [2.05, 4.69) is 34.6 Å². The van der Waals surface area contributed by atoms with Crippen LogP contribution >= 0.6 is 11.8 Å². The molecule has 1 atom stereocenters. The molecule has 0 saturated heterocycles. The summed E-state index contributed by atoms with van der Waals surface area (Å²) in [6, 6.07) is 0. The molecule has 0 heterocycles. The summed E-state index contributed by atoms with van der Waals surface area (Å²) in [5, 5.41) is 50.1. The van der Waals surface area contributed by atoms with Crippen LogP contribution in [0.2, 0.25) is 0 Å². The molecule has 13 heteroatoms. The van der Waals surface area contributed by atoms with Crippen molar-refractivity contribution in [2.24, 2.45) is 5.92 Å². The van der Waals surface area contributed by atoms with Crippen LogP contribution in [0.5, 0.6) is 0 Å². The third-order valence-corrected chi connectivity index (χ3v) is 6.96. The van der Waals surface area contributed by atoms with Crippen LogP contribution in [-0.4, -0.2) is 161 Å². The lowest BCUT2D eigenvalue weighted by Gasteiger charge is -2.08. The largest absolute Gasteiger partial charge is 0.396 e. The normalized spacial score (nSPS) is 10.8. The molecule has 0 amide bonds. The Morgan fingerprint density at radius 1 is 0.388 bits per heavy atom. The molecule has 0 aromatic carbocycles. The first-order valence-electron chi connectivity index (χ1n) is 18.7. The van der Waals surface area contributed by atoms with Gasteiger partial charge in [0.15, 0.2) is 0 Å². The average Bonchev–Trinajstić information content (AvgIpc) is 3.12. The van der Waals surface area contributed by atoms with Gasteiger partial charge in [-0.05, 0) is 31.6 Å². The molecule has 0 aliphatic heterocycles. The fourth-order valence-corrected chi connectivity index (χ4v) is 3.51. The summed E-state index contributed by atoms with van der Waals surface area (Å²) in [5.41, 5.74) is 0. The van der Waals surface area contributed by atoms with E-state index >= 15 is 0 Å². The zero-order valence-electron chi connectivity index (χ0n) is 32.3. The highest BCUT2D eigenvalue weighted by atomic mass is 32.2. The predicted octanol–water partition coefficient (Wildman–Crippen LogP) is 4.34. The SMILES string of the molecule is CCCCC(CC)CO.CCCCOCCO.CCCCOCCOCCO.CCCCOCCOCCOCCO.OCCSCCO. The van der Waals surface area contributed by atoms with Crippen molar-refractivity contribution in [3.05, 3.63) is 0 Å². The average molecular weight is 739 g/mol. The van der Waals surface area contributed by atoms with E-state index in [1.165, 1.54) is 19.3 Å². The van der Waals surface area contributed by atoms with Gasteiger partial charge in [0.1, 0.15) is 0 Å². The summed E-state index contributed by atoms with van der Waals surface area (Å²) < 4.78 is 30.7. The van der Waals surface area contributed by atoms with Gasteiger partial charge < -0.3 is 59.1 Å². The molecule has 49 heavy (non-hydrogen) atoms. The van der Waals surface area contributed by atoms with E-state index in [-0.39, 0.29) is 33.0 Å². The van der Waals surface area contributed by atoms with Gasteiger partial charge in [-0.1, -0.05) is 73.1 Å². The Kier molecular flexibility index (Phi) is 78.6. The number of hydrogen-bond acceptors (Lipinski definition) is 13. The van der Waals surface area contributed by atoms with Gasteiger partial charge in [-0.3, -0.25) is 0 Å². The van der Waals surface area contributed by atoms with E-state index in [4.69, 9.17) is 59.1 Å². The number of unbranched alkanes of at least 4 members (excludes halogenated alkanes) is 4. The zero-order valence-corrected chi connectivity index (χ0v) is 33.1. The Bertz CT molecular complexity index is 438. The van der Waals surface area contributed by atoms with Crippen molar-refractivity contribution >= 4 is 11.8 Å². The molecule has 0 fully saturated rings. The summed E-state index contributed by atoms with van der Waals surface area (Å²) in [4.78, 5) is 0. The predicted molar refractivity (Wildman–Crippen MR) is 203 cm³/mol. The van der Waals surface area contributed by atoms with Gasteiger partial charge in [-0.15, -0.1) is 0 Å². The Hall–Kier alpha value is -0.130. The molecule has 0 bridgehead atoms. The van der Waals surface area contributed by atoms with Crippen LogP contribution in [0.3, 0.4) is 0 Å². The lowest BCUT2D eigenvalue weighted by molar-refractivity contribution is 0.00735. The van der Waals surface area contributed by atoms with Gasteiger partial charge in [-0.25, -0.2) is 0 Å². The number of aliphatic hydroxyl groups excluding tert-OH is 6. The van der Waals surface area contributed by atoms with Gasteiger partial charge in [0.25, 0.3) is 0 Å². The fraction of sp³-hybridized carbons (Fsp3) is 1.00. The molecule has 0 rings (SSSR count). The number of thioether (sulfide) groups is 1. The fourth-order valence-electron chi connectivity index (χ4n) is 3.05. The monoisotopic (exact) mass is 739 g/mol. The highest BCUT2D eigenvalue weighted by molar-refractivity contribution is 7.99. The van der Waals surface area contributed by atoms with Gasteiger partial charge in [-0.2, -0.15) is 11.8 Å². The minimum Gasteiger partial charge on any atom is -0.396 e. The number of rotatable bonds is 33. The van der Waals surface area contributed by atoms with Gasteiger partial charge in [0, 0.05) is 37.9 Å². The molecule has 0 radical (unpaired) electrons. The highest BCUT2D eigenvalue weighted by Crippen LogP contribution is 2.10. The second kappa shape index (κ2) is 66.2.